The molecule has 20 heavy (non-hydrogen) atoms. The smallest absolute Gasteiger partial charge is 0.149 e. The van der Waals surface area contributed by atoms with Gasteiger partial charge < -0.3 is 10.1 Å². The van der Waals surface area contributed by atoms with Gasteiger partial charge in [0.1, 0.15) is 10.1 Å². The van der Waals surface area contributed by atoms with Gasteiger partial charge in [0.05, 0.1) is 7.11 Å². The molecule has 2 aromatic rings. The van der Waals surface area contributed by atoms with Crippen molar-refractivity contribution >= 4 is 23.1 Å². The van der Waals surface area contributed by atoms with E-state index in [-0.39, 0.29) is 6.04 Å². The van der Waals surface area contributed by atoms with E-state index < -0.39 is 0 Å². The van der Waals surface area contributed by atoms with Gasteiger partial charge in [-0.1, -0.05) is 36.9 Å². The van der Waals surface area contributed by atoms with Crippen LogP contribution in [0.1, 0.15) is 24.9 Å². The van der Waals surface area contributed by atoms with Crippen LogP contribution in [0.4, 0.5) is 0 Å². The van der Waals surface area contributed by atoms with Crippen LogP contribution in [0.15, 0.2) is 40.2 Å². The van der Waals surface area contributed by atoms with E-state index >= 15 is 0 Å². The van der Waals surface area contributed by atoms with Crippen LogP contribution >= 0.6 is 23.1 Å². The maximum Gasteiger partial charge on any atom is 0.149 e. The number of nitrogens with one attached hydrogen (secondary N) is 1. The Kier molecular flexibility index (Phi) is 6.36. The first kappa shape index (κ1) is 15.4. The van der Waals surface area contributed by atoms with Gasteiger partial charge in [0.15, 0.2) is 0 Å². The Morgan fingerprint density at radius 2 is 2.25 bits per heavy atom. The van der Waals surface area contributed by atoms with E-state index in [4.69, 9.17) is 4.74 Å². The SMILES string of the molecule is CCCNC(CSc1nccs1)c1ccccc1OC. The van der Waals surface area contributed by atoms with Crippen LogP contribution in [-0.2, 0) is 0 Å². The molecule has 0 fully saturated rings. The first-order valence-electron chi connectivity index (χ1n) is 6.73. The molecule has 3 nitrogen and oxygen atoms in total. The molecule has 1 heterocycles. The normalized spacial score (nSPS) is 12.3. The Morgan fingerprint density at radius 3 is 2.95 bits per heavy atom. The van der Waals surface area contributed by atoms with E-state index in [1.165, 1.54) is 5.56 Å². The minimum Gasteiger partial charge on any atom is -0.496 e. The summed E-state index contributed by atoms with van der Waals surface area (Å²) in [5, 5.41) is 5.61. The van der Waals surface area contributed by atoms with Crippen molar-refractivity contribution in [3.05, 3.63) is 41.4 Å². The summed E-state index contributed by atoms with van der Waals surface area (Å²) in [4.78, 5) is 4.33. The zero-order valence-electron chi connectivity index (χ0n) is 11.8. The summed E-state index contributed by atoms with van der Waals surface area (Å²) in [7, 11) is 1.73. The van der Waals surface area contributed by atoms with E-state index in [0.29, 0.717) is 0 Å². The molecular formula is C15H20N2OS2. The topological polar surface area (TPSA) is 34.2 Å². The third-order valence-electron chi connectivity index (χ3n) is 2.94. The van der Waals surface area contributed by atoms with Crippen molar-refractivity contribution in [3.63, 3.8) is 0 Å². The minimum absolute atomic E-state index is 0.278. The molecule has 0 aliphatic rings. The number of hydrogen-bond acceptors (Lipinski definition) is 5. The number of para-hydroxylation sites is 1. The van der Waals surface area contributed by atoms with Gasteiger partial charge in [-0.05, 0) is 19.0 Å². The van der Waals surface area contributed by atoms with Gasteiger partial charge in [-0.25, -0.2) is 4.98 Å². The number of nitrogens with zero attached hydrogens (tertiary/aromatic N) is 1. The molecule has 0 spiro atoms. The third kappa shape index (κ3) is 4.23. The van der Waals surface area contributed by atoms with Crippen molar-refractivity contribution in [2.45, 2.75) is 23.7 Å². The molecule has 0 saturated heterocycles. The van der Waals surface area contributed by atoms with E-state index in [1.54, 1.807) is 30.2 Å². The highest BCUT2D eigenvalue weighted by Gasteiger charge is 2.16. The van der Waals surface area contributed by atoms with Gasteiger partial charge in [-0.2, -0.15) is 0 Å². The summed E-state index contributed by atoms with van der Waals surface area (Å²) < 4.78 is 6.60. The molecule has 0 aliphatic heterocycles. The van der Waals surface area contributed by atoms with E-state index in [2.05, 4.69) is 29.4 Å². The van der Waals surface area contributed by atoms with Crippen LogP contribution < -0.4 is 10.1 Å². The third-order valence-corrected chi connectivity index (χ3v) is 5.00. The molecule has 0 radical (unpaired) electrons. The second-order valence-electron chi connectivity index (χ2n) is 4.36. The van der Waals surface area contributed by atoms with E-state index in [9.17, 15) is 0 Å². The molecule has 1 N–H and O–H groups in total. The average molecular weight is 308 g/mol. The molecular weight excluding hydrogens is 288 g/mol. The van der Waals surface area contributed by atoms with E-state index in [1.807, 2.05) is 23.7 Å². The number of hydrogen-bond donors (Lipinski definition) is 1. The molecule has 1 aromatic carbocycles. The maximum atomic E-state index is 5.48. The molecule has 0 aliphatic carbocycles. The molecule has 2 rings (SSSR count). The molecule has 0 saturated carbocycles. The Hall–Kier alpha value is -1.04. The number of ether oxygens (including phenoxy) is 1. The summed E-state index contributed by atoms with van der Waals surface area (Å²) >= 11 is 3.48. The van der Waals surface area contributed by atoms with Crippen molar-refractivity contribution < 1.29 is 4.74 Å². The van der Waals surface area contributed by atoms with Gasteiger partial charge in [-0.3, -0.25) is 0 Å². The monoisotopic (exact) mass is 308 g/mol. The number of aromatic nitrogens is 1. The quantitative estimate of drug-likeness (QED) is 0.748. The Bertz CT molecular complexity index is 502. The Morgan fingerprint density at radius 1 is 1.40 bits per heavy atom. The predicted octanol–water partition coefficient (Wildman–Crippen LogP) is 3.98. The van der Waals surface area contributed by atoms with Gasteiger partial charge in [-0.15, -0.1) is 11.3 Å². The van der Waals surface area contributed by atoms with Crippen molar-refractivity contribution in [2.75, 3.05) is 19.4 Å². The van der Waals surface area contributed by atoms with Crippen LogP contribution in [-0.4, -0.2) is 24.4 Å². The highest BCUT2D eigenvalue weighted by atomic mass is 32.2. The van der Waals surface area contributed by atoms with Crippen LogP contribution in [0.5, 0.6) is 5.75 Å². The molecule has 1 aromatic heterocycles. The Labute approximate surface area is 128 Å². The van der Waals surface area contributed by atoms with Crippen molar-refractivity contribution in [3.8, 4) is 5.75 Å². The number of thioether (sulfide) groups is 1. The lowest BCUT2D eigenvalue weighted by Crippen LogP contribution is -2.24. The number of thiazole rings is 1. The lowest BCUT2D eigenvalue weighted by Gasteiger charge is -2.20. The van der Waals surface area contributed by atoms with Crippen LogP contribution in [0.3, 0.4) is 0 Å². The van der Waals surface area contributed by atoms with Gasteiger partial charge in [0.2, 0.25) is 0 Å². The predicted molar refractivity (Wildman–Crippen MR) is 86.9 cm³/mol. The molecule has 0 amide bonds. The fourth-order valence-electron chi connectivity index (χ4n) is 1.97. The van der Waals surface area contributed by atoms with Crippen molar-refractivity contribution in [1.29, 1.82) is 0 Å². The summed E-state index contributed by atoms with van der Waals surface area (Å²) in [6, 6.07) is 8.50. The summed E-state index contributed by atoms with van der Waals surface area (Å²) in [6.45, 7) is 3.18. The maximum absolute atomic E-state index is 5.48. The van der Waals surface area contributed by atoms with Crippen molar-refractivity contribution in [1.82, 2.24) is 10.3 Å². The molecule has 1 atom stereocenters. The fourth-order valence-corrected chi connectivity index (χ4v) is 3.71. The van der Waals surface area contributed by atoms with Crippen LogP contribution in [0.25, 0.3) is 0 Å². The largest absolute Gasteiger partial charge is 0.496 e. The van der Waals surface area contributed by atoms with Gasteiger partial charge in [0, 0.05) is 28.9 Å². The lowest BCUT2D eigenvalue weighted by atomic mass is 10.1. The zero-order chi connectivity index (χ0) is 14.2. The number of benzene rings is 1. The van der Waals surface area contributed by atoms with Crippen LogP contribution in [0.2, 0.25) is 0 Å². The second kappa shape index (κ2) is 8.29. The standard InChI is InChI=1S/C15H20N2OS2/c1-3-8-16-13(11-20-15-17-9-10-19-15)12-6-4-5-7-14(12)18-2/h4-7,9-10,13,16H,3,8,11H2,1-2H3. The first-order valence-corrected chi connectivity index (χ1v) is 8.60. The zero-order valence-corrected chi connectivity index (χ0v) is 13.5. The molecule has 1 unspecified atom stereocenters. The number of methoxy groups -OCH3 is 1. The number of rotatable bonds is 8. The molecule has 108 valence electrons. The van der Waals surface area contributed by atoms with Crippen molar-refractivity contribution in [2.24, 2.45) is 0 Å². The van der Waals surface area contributed by atoms with E-state index in [0.717, 1.165) is 28.8 Å². The minimum atomic E-state index is 0.278. The highest BCUT2D eigenvalue weighted by Crippen LogP contribution is 2.30. The first-order chi connectivity index (χ1) is 9.85. The highest BCUT2D eigenvalue weighted by molar-refractivity contribution is 8.01. The molecule has 5 heteroatoms. The summed E-state index contributed by atoms with van der Waals surface area (Å²) in [5.41, 5.74) is 1.22. The summed E-state index contributed by atoms with van der Waals surface area (Å²) in [6.07, 6.45) is 2.97. The Balaban J connectivity index is 2.09. The van der Waals surface area contributed by atoms with Gasteiger partial charge >= 0.3 is 0 Å². The molecule has 0 bridgehead atoms. The second-order valence-corrected chi connectivity index (χ2v) is 6.52. The van der Waals surface area contributed by atoms with Gasteiger partial charge in [0.25, 0.3) is 0 Å². The summed E-state index contributed by atoms with van der Waals surface area (Å²) in [5.74, 6) is 1.90. The van der Waals surface area contributed by atoms with Crippen LogP contribution in [0, 0.1) is 0 Å². The lowest BCUT2D eigenvalue weighted by molar-refractivity contribution is 0.402. The average Bonchev–Trinajstić information content (AvgIpc) is 3.01. The fraction of sp³-hybridized carbons (Fsp3) is 0.400.